The second kappa shape index (κ2) is 8.03. The van der Waals surface area contributed by atoms with Gasteiger partial charge in [-0.3, -0.25) is 4.79 Å². The Hall–Kier alpha value is -3.16. The Morgan fingerprint density at radius 3 is 2.78 bits per heavy atom. The zero-order chi connectivity index (χ0) is 19.4. The molecule has 27 heavy (non-hydrogen) atoms. The molecule has 2 aromatic carbocycles. The number of hydrogen-bond donors (Lipinski definition) is 2. The lowest BCUT2D eigenvalue weighted by molar-refractivity contribution is 0.102. The normalized spacial score (nSPS) is 15.3. The molecule has 1 aliphatic rings. The standard InChI is InChI=1S/C19H18F2N2O4/c1-2-26-19(25)23-16-8-9-27-17-12(16)4-3-5-13(17)18(24)22-11-6-7-14(20)15(21)10-11/h3-7,10,16H,2,8-9H2,1H3,(H,22,24)(H,23,25). The lowest BCUT2D eigenvalue weighted by Crippen LogP contribution is -2.33. The molecule has 0 bridgehead atoms. The molecule has 0 aromatic heterocycles. The van der Waals surface area contributed by atoms with Crippen molar-refractivity contribution < 1.29 is 27.8 Å². The van der Waals surface area contributed by atoms with Gasteiger partial charge < -0.3 is 20.1 Å². The Kier molecular flexibility index (Phi) is 5.54. The number of ether oxygens (including phenoxy) is 2. The van der Waals surface area contributed by atoms with Gasteiger partial charge in [0.15, 0.2) is 11.6 Å². The van der Waals surface area contributed by atoms with Crippen molar-refractivity contribution in [3.63, 3.8) is 0 Å². The van der Waals surface area contributed by atoms with Crippen molar-refractivity contribution in [2.75, 3.05) is 18.5 Å². The van der Waals surface area contributed by atoms with Gasteiger partial charge in [0, 0.05) is 23.7 Å². The summed E-state index contributed by atoms with van der Waals surface area (Å²) in [5.74, 6) is -2.25. The average molecular weight is 376 g/mol. The molecule has 0 fully saturated rings. The Balaban J connectivity index is 1.83. The van der Waals surface area contributed by atoms with Gasteiger partial charge in [0.25, 0.3) is 5.91 Å². The Morgan fingerprint density at radius 1 is 1.22 bits per heavy atom. The topological polar surface area (TPSA) is 76.7 Å². The third-order valence-electron chi connectivity index (χ3n) is 4.06. The van der Waals surface area contributed by atoms with E-state index in [9.17, 15) is 18.4 Å². The van der Waals surface area contributed by atoms with Crippen LogP contribution in [0.2, 0.25) is 0 Å². The minimum absolute atomic E-state index is 0.119. The number of fused-ring (bicyclic) bond motifs is 1. The molecule has 3 rings (SSSR count). The highest BCUT2D eigenvalue weighted by molar-refractivity contribution is 6.06. The van der Waals surface area contributed by atoms with Gasteiger partial charge in [0.05, 0.1) is 24.8 Å². The SMILES string of the molecule is CCOC(=O)NC1CCOc2c(C(=O)Nc3ccc(F)c(F)c3)cccc21. The van der Waals surface area contributed by atoms with E-state index in [1.165, 1.54) is 6.07 Å². The van der Waals surface area contributed by atoms with Crippen LogP contribution in [0.15, 0.2) is 36.4 Å². The fourth-order valence-electron chi connectivity index (χ4n) is 2.84. The predicted molar refractivity (Wildman–Crippen MR) is 93.8 cm³/mol. The highest BCUT2D eigenvalue weighted by Gasteiger charge is 2.27. The summed E-state index contributed by atoms with van der Waals surface area (Å²) >= 11 is 0. The molecule has 142 valence electrons. The number of hydrogen-bond acceptors (Lipinski definition) is 4. The lowest BCUT2D eigenvalue weighted by atomic mass is 9.97. The minimum atomic E-state index is -1.06. The number of carbonyl (C=O) groups is 2. The summed E-state index contributed by atoms with van der Waals surface area (Å²) in [7, 11) is 0. The van der Waals surface area contributed by atoms with Crippen LogP contribution in [0.3, 0.4) is 0 Å². The minimum Gasteiger partial charge on any atom is -0.492 e. The van der Waals surface area contributed by atoms with Crippen LogP contribution in [0.1, 0.15) is 35.3 Å². The number of nitrogens with one attached hydrogen (secondary N) is 2. The van der Waals surface area contributed by atoms with E-state index < -0.39 is 23.6 Å². The second-order valence-electron chi connectivity index (χ2n) is 5.86. The van der Waals surface area contributed by atoms with E-state index in [4.69, 9.17) is 9.47 Å². The number of anilines is 1. The number of para-hydroxylation sites is 1. The summed E-state index contributed by atoms with van der Waals surface area (Å²) in [6.07, 6.45) is -0.0212. The van der Waals surface area contributed by atoms with Crippen LogP contribution in [-0.4, -0.2) is 25.2 Å². The van der Waals surface area contributed by atoms with Crippen molar-refractivity contribution in [3.05, 3.63) is 59.2 Å². The van der Waals surface area contributed by atoms with Gasteiger partial charge in [-0.1, -0.05) is 12.1 Å². The molecule has 2 N–H and O–H groups in total. The van der Waals surface area contributed by atoms with Crippen LogP contribution in [0.5, 0.6) is 5.75 Å². The van der Waals surface area contributed by atoms with Gasteiger partial charge in [-0.25, -0.2) is 13.6 Å². The number of rotatable bonds is 4. The molecule has 8 heteroatoms. The van der Waals surface area contributed by atoms with E-state index in [-0.39, 0.29) is 23.9 Å². The number of halogens is 2. The summed E-state index contributed by atoms with van der Waals surface area (Å²) in [4.78, 5) is 24.3. The zero-order valence-corrected chi connectivity index (χ0v) is 14.6. The highest BCUT2D eigenvalue weighted by atomic mass is 19.2. The Labute approximate surface area is 154 Å². The number of carbonyl (C=O) groups excluding carboxylic acids is 2. The maximum absolute atomic E-state index is 13.3. The molecular weight excluding hydrogens is 358 g/mol. The Morgan fingerprint density at radius 2 is 2.04 bits per heavy atom. The van der Waals surface area contributed by atoms with Gasteiger partial charge in [0.2, 0.25) is 0 Å². The molecule has 1 aliphatic heterocycles. The first kappa shape index (κ1) is 18.6. The van der Waals surface area contributed by atoms with E-state index in [1.807, 2.05) is 0 Å². The maximum atomic E-state index is 13.3. The van der Waals surface area contributed by atoms with Gasteiger partial charge in [-0.2, -0.15) is 0 Å². The molecule has 1 atom stereocenters. The van der Waals surface area contributed by atoms with Gasteiger partial charge in [0.1, 0.15) is 5.75 Å². The molecule has 2 amide bonds. The summed E-state index contributed by atoms with van der Waals surface area (Å²) in [6, 6.07) is 7.70. The molecule has 1 heterocycles. The fraction of sp³-hybridized carbons (Fsp3) is 0.263. The van der Waals surface area contributed by atoms with Crippen LogP contribution < -0.4 is 15.4 Å². The molecule has 0 saturated heterocycles. The molecule has 0 aliphatic carbocycles. The van der Waals surface area contributed by atoms with Crippen LogP contribution >= 0.6 is 0 Å². The highest BCUT2D eigenvalue weighted by Crippen LogP contribution is 2.35. The van der Waals surface area contributed by atoms with E-state index in [2.05, 4.69) is 10.6 Å². The average Bonchev–Trinajstić information content (AvgIpc) is 2.65. The summed E-state index contributed by atoms with van der Waals surface area (Å²) in [6.45, 7) is 2.26. The summed E-state index contributed by atoms with van der Waals surface area (Å²) in [5, 5.41) is 5.26. The molecule has 2 aromatic rings. The van der Waals surface area contributed by atoms with Gasteiger partial charge >= 0.3 is 6.09 Å². The smallest absolute Gasteiger partial charge is 0.407 e. The van der Waals surface area contributed by atoms with Crippen molar-refractivity contribution in [2.45, 2.75) is 19.4 Å². The van der Waals surface area contributed by atoms with Crippen molar-refractivity contribution in [1.82, 2.24) is 5.32 Å². The van der Waals surface area contributed by atoms with Crippen LogP contribution in [0, 0.1) is 11.6 Å². The van der Waals surface area contributed by atoms with Crippen molar-refractivity contribution in [1.29, 1.82) is 0 Å². The quantitative estimate of drug-likeness (QED) is 0.851. The number of alkyl carbamates (subject to hydrolysis) is 1. The summed E-state index contributed by atoms with van der Waals surface area (Å²) in [5.41, 5.74) is 0.994. The number of amides is 2. The van der Waals surface area contributed by atoms with Crippen molar-refractivity contribution in [3.8, 4) is 5.75 Å². The van der Waals surface area contributed by atoms with E-state index in [0.29, 0.717) is 24.3 Å². The molecule has 0 radical (unpaired) electrons. The van der Waals surface area contributed by atoms with Crippen LogP contribution in [0.25, 0.3) is 0 Å². The molecule has 1 unspecified atom stereocenters. The molecule has 0 saturated carbocycles. The van der Waals surface area contributed by atoms with E-state index in [1.54, 1.807) is 25.1 Å². The van der Waals surface area contributed by atoms with Crippen LogP contribution in [0.4, 0.5) is 19.3 Å². The molecule has 6 nitrogen and oxygen atoms in total. The third-order valence-corrected chi connectivity index (χ3v) is 4.06. The van der Waals surface area contributed by atoms with Gasteiger partial charge in [-0.15, -0.1) is 0 Å². The number of benzene rings is 2. The first-order chi connectivity index (χ1) is 13.0. The third kappa shape index (κ3) is 4.16. The predicted octanol–water partition coefficient (Wildman–Crippen LogP) is 3.79. The monoisotopic (exact) mass is 376 g/mol. The second-order valence-corrected chi connectivity index (χ2v) is 5.86. The van der Waals surface area contributed by atoms with E-state index in [0.717, 1.165) is 12.1 Å². The first-order valence-electron chi connectivity index (χ1n) is 8.45. The van der Waals surface area contributed by atoms with Crippen molar-refractivity contribution >= 4 is 17.7 Å². The maximum Gasteiger partial charge on any atom is 0.407 e. The zero-order valence-electron chi connectivity index (χ0n) is 14.6. The van der Waals surface area contributed by atoms with E-state index >= 15 is 0 Å². The van der Waals surface area contributed by atoms with Crippen molar-refractivity contribution in [2.24, 2.45) is 0 Å². The Bertz CT molecular complexity index is 873. The van der Waals surface area contributed by atoms with Crippen LogP contribution in [-0.2, 0) is 4.74 Å². The first-order valence-corrected chi connectivity index (χ1v) is 8.45. The molecular formula is C19H18F2N2O4. The fourth-order valence-corrected chi connectivity index (χ4v) is 2.84. The van der Waals surface area contributed by atoms with Gasteiger partial charge in [-0.05, 0) is 25.1 Å². The summed E-state index contributed by atoms with van der Waals surface area (Å²) < 4.78 is 36.9. The lowest BCUT2D eigenvalue weighted by Gasteiger charge is -2.27. The molecule has 0 spiro atoms. The largest absolute Gasteiger partial charge is 0.492 e.